The van der Waals surface area contributed by atoms with Crippen molar-refractivity contribution in [3.63, 3.8) is 0 Å². The minimum Gasteiger partial charge on any atom is -0.459 e. The molecule has 0 bridgehead atoms. The zero-order valence-electron chi connectivity index (χ0n) is 19.2. The summed E-state index contributed by atoms with van der Waals surface area (Å²) in [5.41, 5.74) is 0.849. The van der Waals surface area contributed by atoms with E-state index < -0.39 is 35.7 Å². The minimum absolute atomic E-state index is 0.0180. The van der Waals surface area contributed by atoms with Crippen molar-refractivity contribution in [1.29, 1.82) is 0 Å². The van der Waals surface area contributed by atoms with Gasteiger partial charge in [0.15, 0.2) is 6.04 Å². The molecule has 3 rings (SSSR count). The van der Waals surface area contributed by atoms with Crippen LogP contribution in [0.5, 0.6) is 0 Å². The Morgan fingerprint density at radius 2 is 1.42 bits per heavy atom. The molecule has 0 aliphatic carbocycles. The van der Waals surface area contributed by atoms with Crippen molar-refractivity contribution in [2.75, 3.05) is 13.1 Å². The van der Waals surface area contributed by atoms with E-state index in [0.29, 0.717) is 6.54 Å². The van der Waals surface area contributed by atoms with Gasteiger partial charge in [-0.2, -0.15) is 0 Å². The molecule has 0 spiro atoms. The average Bonchev–Trinajstić information content (AvgIpc) is 2.80. The van der Waals surface area contributed by atoms with Crippen LogP contribution in [0, 0.1) is 0 Å². The summed E-state index contributed by atoms with van der Waals surface area (Å²) < 4.78 is 16.4. The fourth-order valence-corrected chi connectivity index (χ4v) is 3.43. The van der Waals surface area contributed by atoms with Crippen LogP contribution in [0.25, 0.3) is 0 Å². The molecule has 1 heterocycles. The number of benzene rings is 2. The highest BCUT2D eigenvalue weighted by Crippen LogP contribution is 2.19. The topological polar surface area (TPSA) is 94.2 Å². The zero-order valence-corrected chi connectivity index (χ0v) is 19.2. The first-order chi connectivity index (χ1) is 15.7. The van der Waals surface area contributed by atoms with Gasteiger partial charge in [0, 0.05) is 13.1 Å². The number of rotatable bonds is 6. The van der Waals surface area contributed by atoms with Crippen molar-refractivity contribution >= 4 is 18.0 Å². The second kappa shape index (κ2) is 11.0. The maximum atomic E-state index is 13.1. The quantitative estimate of drug-likeness (QED) is 0.530. The van der Waals surface area contributed by atoms with Crippen LogP contribution in [-0.4, -0.2) is 53.7 Å². The normalized spacial score (nSPS) is 18.3. The Balaban J connectivity index is 1.76. The van der Waals surface area contributed by atoms with Crippen molar-refractivity contribution in [3.8, 4) is 0 Å². The lowest BCUT2D eigenvalue weighted by molar-refractivity contribution is -0.167. The molecular formula is C25H30N2O6. The van der Waals surface area contributed by atoms with Gasteiger partial charge in [-0.1, -0.05) is 60.7 Å². The van der Waals surface area contributed by atoms with E-state index in [1.54, 1.807) is 20.8 Å². The smallest absolute Gasteiger partial charge is 0.410 e. The highest BCUT2D eigenvalue weighted by molar-refractivity contribution is 5.90. The molecule has 1 saturated heterocycles. The fourth-order valence-electron chi connectivity index (χ4n) is 3.43. The molecule has 0 saturated carbocycles. The van der Waals surface area contributed by atoms with Crippen LogP contribution >= 0.6 is 0 Å². The number of nitrogens with zero attached hydrogens (tertiary/aromatic N) is 1. The summed E-state index contributed by atoms with van der Waals surface area (Å²) in [6.45, 7) is 5.76. The van der Waals surface area contributed by atoms with Crippen LogP contribution < -0.4 is 5.32 Å². The average molecular weight is 455 g/mol. The van der Waals surface area contributed by atoms with Gasteiger partial charge in [0.1, 0.15) is 24.9 Å². The number of carbonyl (C=O) groups excluding carboxylic acids is 3. The van der Waals surface area contributed by atoms with Gasteiger partial charge in [-0.25, -0.2) is 9.59 Å². The lowest BCUT2D eigenvalue weighted by Gasteiger charge is -2.39. The standard InChI is InChI=1S/C25H30N2O6/c1-25(2,3)33-22(28)20-21(23(29)31-16-18-10-6-4-7-11-18)27(15-14-26-20)24(30)32-17-19-12-8-5-9-13-19/h4-13,20-21,26H,14-17H2,1-3H3. The third kappa shape index (κ3) is 7.05. The van der Waals surface area contributed by atoms with E-state index in [1.165, 1.54) is 4.90 Å². The first kappa shape index (κ1) is 24.3. The molecule has 1 amide bonds. The van der Waals surface area contributed by atoms with Crippen molar-refractivity contribution in [2.45, 2.75) is 51.7 Å². The second-order valence-corrected chi connectivity index (χ2v) is 8.74. The maximum absolute atomic E-state index is 13.1. The number of carbonyl (C=O) groups is 3. The highest BCUT2D eigenvalue weighted by atomic mass is 16.6. The number of piperazine rings is 1. The van der Waals surface area contributed by atoms with E-state index in [0.717, 1.165) is 11.1 Å². The Morgan fingerprint density at radius 1 is 0.879 bits per heavy atom. The third-order valence-corrected chi connectivity index (χ3v) is 4.93. The van der Waals surface area contributed by atoms with Crippen LogP contribution in [0.3, 0.4) is 0 Å². The molecule has 1 N–H and O–H groups in total. The molecule has 1 aliphatic rings. The number of esters is 2. The largest absolute Gasteiger partial charge is 0.459 e. The molecule has 2 aromatic carbocycles. The number of amides is 1. The summed E-state index contributed by atoms with van der Waals surface area (Å²) in [4.78, 5) is 40.2. The summed E-state index contributed by atoms with van der Waals surface area (Å²) in [5, 5.41) is 3.00. The van der Waals surface area contributed by atoms with Crippen molar-refractivity contribution < 1.29 is 28.6 Å². The SMILES string of the molecule is CC(C)(C)OC(=O)C1NCCN(C(=O)OCc2ccccc2)C1C(=O)OCc1ccccc1. The lowest BCUT2D eigenvalue weighted by Crippen LogP contribution is -2.66. The van der Waals surface area contributed by atoms with E-state index in [4.69, 9.17) is 14.2 Å². The summed E-state index contributed by atoms with van der Waals surface area (Å²) >= 11 is 0. The van der Waals surface area contributed by atoms with E-state index in [-0.39, 0.29) is 19.8 Å². The molecule has 0 aromatic heterocycles. The van der Waals surface area contributed by atoms with Crippen molar-refractivity contribution in [3.05, 3.63) is 71.8 Å². The molecule has 2 aromatic rings. The Morgan fingerprint density at radius 3 is 1.97 bits per heavy atom. The van der Waals surface area contributed by atoms with Gasteiger partial charge in [-0.05, 0) is 31.9 Å². The summed E-state index contributed by atoms with van der Waals surface area (Å²) in [6, 6.07) is 16.1. The molecule has 33 heavy (non-hydrogen) atoms. The molecule has 176 valence electrons. The Labute approximate surface area is 193 Å². The van der Waals surface area contributed by atoms with E-state index in [9.17, 15) is 14.4 Å². The number of hydrogen-bond donors (Lipinski definition) is 1. The van der Waals surface area contributed by atoms with Gasteiger partial charge in [0.05, 0.1) is 0 Å². The van der Waals surface area contributed by atoms with Crippen LogP contribution in [0.4, 0.5) is 4.79 Å². The summed E-state index contributed by atoms with van der Waals surface area (Å²) in [7, 11) is 0. The predicted octanol–water partition coefficient (Wildman–Crippen LogP) is 3.05. The second-order valence-electron chi connectivity index (χ2n) is 8.74. The molecule has 2 atom stereocenters. The van der Waals surface area contributed by atoms with Crippen LogP contribution in [0.2, 0.25) is 0 Å². The predicted molar refractivity (Wildman–Crippen MR) is 121 cm³/mol. The minimum atomic E-state index is -1.22. The van der Waals surface area contributed by atoms with Gasteiger partial charge in [0.2, 0.25) is 0 Å². The van der Waals surface area contributed by atoms with Gasteiger partial charge in [0.25, 0.3) is 0 Å². The Bertz CT molecular complexity index is 942. The van der Waals surface area contributed by atoms with E-state index in [2.05, 4.69) is 5.32 Å². The van der Waals surface area contributed by atoms with E-state index in [1.807, 2.05) is 60.7 Å². The third-order valence-electron chi connectivity index (χ3n) is 4.93. The molecule has 1 aliphatic heterocycles. The molecule has 8 heteroatoms. The van der Waals surface area contributed by atoms with E-state index >= 15 is 0 Å². The fraction of sp³-hybridized carbons (Fsp3) is 0.400. The van der Waals surface area contributed by atoms with Crippen molar-refractivity contribution in [1.82, 2.24) is 10.2 Å². The Hall–Kier alpha value is -3.39. The summed E-state index contributed by atoms with van der Waals surface area (Å²) in [6.07, 6.45) is -0.699. The Kier molecular flexibility index (Phi) is 8.06. The molecule has 8 nitrogen and oxygen atoms in total. The summed E-state index contributed by atoms with van der Waals surface area (Å²) in [5.74, 6) is -1.34. The van der Waals surface area contributed by atoms with Crippen molar-refractivity contribution in [2.24, 2.45) is 0 Å². The number of ether oxygens (including phenoxy) is 3. The zero-order chi connectivity index (χ0) is 23.8. The maximum Gasteiger partial charge on any atom is 0.410 e. The van der Waals surface area contributed by atoms with Crippen LogP contribution in [0.15, 0.2) is 60.7 Å². The van der Waals surface area contributed by atoms with Gasteiger partial charge in [-0.15, -0.1) is 0 Å². The molecule has 2 unspecified atom stereocenters. The number of nitrogens with one attached hydrogen (secondary N) is 1. The van der Waals surface area contributed by atoms with Crippen LogP contribution in [0.1, 0.15) is 31.9 Å². The van der Waals surface area contributed by atoms with Crippen LogP contribution in [-0.2, 0) is 37.0 Å². The molecule has 0 radical (unpaired) electrons. The first-order valence-electron chi connectivity index (χ1n) is 10.9. The lowest BCUT2D eigenvalue weighted by atomic mass is 10.0. The molecule has 1 fully saturated rings. The van der Waals surface area contributed by atoms with Gasteiger partial charge >= 0.3 is 18.0 Å². The molecular weight excluding hydrogens is 424 g/mol. The van der Waals surface area contributed by atoms with Gasteiger partial charge < -0.3 is 19.5 Å². The number of hydrogen-bond acceptors (Lipinski definition) is 7. The highest BCUT2D eigenvalue weighted by Gasteiger charge is 2.46. The van der Waals surface area contributed by atoms with Gasteiger partial charge in [-0.3, -0.25) is 9.69 Å². The first-order valence-corrected chi connectivity index (χ1v) is 10.9. The monoisotopic (exact) mass is 454 g/mol.